The normalized spacial score (nSPS) is 10.7. The van der Waals surface area contributed by atoms with Crippen LogP contribution in [0.5, 0.6) is 11.5 Å². The van der Waals surface area contributed by atoms with Crippen LogP contribution < -0.4 is 9.47 Å². The lowest BCUT2D eigenvalue weighted by atomic mass is 10.1. The van der Waals surface area contributed by atoms with Crippen molar-refractivity contribution in [2.75, 3.05) is 13.2 Å². The average Bonchev–Trinajstić information content (AvgIpc) is 3.09. The quantitative estimate of drug-likeness (QED) is 0.561. The topological polar surface area (TPSA) is 57.4 Å². The molecule has 0 amide bonds. The fraction of sp³-hybridized carbons (Fsp3) is 0.263. The molecule has 0 atom stereocenters. The van der Waals surface area contributed by atoms with Gasteiger partial charge in [-0.1, -0.05) is 33.2 Å². The Labute approximate surface area is 155 Å². The smallest absolute Gasteiger partial charge is 0.258 e. The van der Waals surface area contributed by atoms with Gasteiger partial charge in [-0.15, -0.1) is 0 Å². The first-order valence-corrected chi connectivity index (χ1v) is 8.92. The SMILES string of the molecule is CCOc1ccc(-c2nc(-c3cccc(Br)c3C)no2)cc1OCC. The van der Waals surface area contributed by atoms with Crippen molar-refractivity contribution < 1.29 is 14.0 Å². The molecule has 25 heavy (non-hydrogen) atoms. The highest BCUT2D eigenvalue weighted by atomic mass is 79.9. The second-order valence-corrected chi connectivity index (χ2v) is 6.22. The van der Waals surface area contributed by atoms with E-state index in [1.807, 2.05) is 57.2 Å². The van der Waals surface area contributed by atoms with Crippen LogP contribution in [-0.2, 0) is 0 Å². The molecule has 6 heteroatoms. The summed E-state index contributed by atoms with van der Waals surface area (Å²) < 4.78 is 17.7. The van der Waals surface area contributed by atoms with Gasteiger partial charge in [0.25, 0.3) is 5.89 Å². The first-order valence-electron chi connectivity index (χ1n) is 8.13. The zero-order valence-electron chi connectivity index (χ0n) is 14.4. The molecular formula is C19H19BrN2O3. The van der Waals surface area contributed by atoms with E-state index < -0.39 is 0 Å². The van der Waals surface area contributed by atoms with Gasteiger partial charge in [-0.2, -0.15) is 4.98 Å². The van der Waals surface area contributed by atoms with Gasteiger partial charge in [0.15, 0.2) is 11.5 Å². The van der Waals surface area contributed by atoms with Crippen molar-refractivity contribution in [1.82, 2.24) is 10.1 Å². The van der Waals surface area contributed by atoms with Crippen molar-refractivity contribution in [2.45, 2.75) is 20.8 Å². The van der Waals surface area contributed by atoms with E-state index in [0.717, 1.165) is 21.2 Å². The van der Waals surface area contributed by atoms with Crippen molar-refractivity contribution in [3.8, 4) is 34.3 Å². The van der Waals surface area contributed by atoms with Crippen molar-refractivity contribution in [2.24, 2.45) is 0 Å². The fourth-order valence-corrected chi connectivity index (χ4v) is 2.85. The molecule has 1 heterocycles. The monoisotopic (exact) mass is 402 g/mol. The van der Waals surface area contributed by atoms with E-state index in [0.29, 0.717) is 36.4 Å². The number of aromatic nitrogens is 2. The molecule has 0 spiro atoms. The Morgan fingerprint density at radius 3 is 2.56 bits per heavy atom. The summed E-state index contributed by atoms with van der Waals surface area (Å²) in [7, 11) is 0. The minimum atomic E-state index is 0.443. The van der Waals surface area contributed by atoms with E-state index in [4.69, 9.17) is 14.0 Å². The highest BCUT2D eigenvalue weighted by Crippen LogP contribution is 2.34. The summed E-state index contributed by atoms with van der Waals surface area (Å²) in [5.74, 6) is 2.37. The summed E-state index contributed by atoms with van der Waals surface area (Å²) in [5.41, 5.74) is 2.79. The lowest BCUT2D eigenvalue weighted by molar-refractivity contribution is 0.288. The van der Waals surface area contributed by atoms with E-state index >= 15 is 0 Å². The molecule has 5 nitrogen and oxygen atoms in total. The van der Waals surface area contributed by atoms with Gasteiger partial charge < -0.3 is 14.0 Å². The lowest BCUT2D eigenvalue weighted by Crippen LogP contribution is -1.98. The van der Waals surface area contributed by atoms with Crippen LogP contribution in [0.4, 0.5) is 0 Å². The number of halogens is 1. The van der Waals surface area contributed by atoms with Crippen LogP contribution in [0.25, 0.3) is 22.8 Å². The molecule has 0 bridgehead atoms. The number of hydrogen-bond acceptors (Lipinski definition) is 5. The van der Waals surface area contributed by atoms with Crippen LogP contribution >= 0.6 is 15.9 Å². The van der Waals surface area contributed by atoms with Gasteiger partial charge in [-0.3, -0.25) is 0 Å². The van der Waals surface area contributed by atoms with E-state index in [2.05, 4.69) is 26.1 Å². The third kappa shape index (κ3) is 3.69. The van der Waals surface area contributed by atoms with Gasteiger partial charge >= 0.3 is 0 Å². The Morgan fingerprint density at radius 2 is 1.80 bits per heavy atom. The summed E-state index contributed by atoms with van der Waals surface area (Å²) >= 11 is 3.53. The Morgan fingerprint density at radius 1 is 1.04 bits per heavy atom. The number of ether oxygens (including phenoxy) is 2. The average molecular weight is 403 g/mol. The standard InChI is InChI=1S/C19H19BrN2O3/c1-4-23-16-10-9-13(11-17(16)24-5-2)19-21-18(22-25-19)14-7-6-8-15(20)12(14)3/h6-11H,4-5H2,1-3H3. The first kappa shape index (κ1) is 17.5. The predicted molar refractivity (Wildman–Crippen MR) is 99.9 cm³/mol. The number of nitrogens with zero attached hydrogens (tertiary/aromatic N) is 2. The Hall–Kier alpha value is -2.34. The van der Waals surface area contributed by atoms with Gasteiger partial charge in [-0.05, 0) is 50.6 Å². The van der Waals surface area contributed by atoms with Crippen molar-refractivity contribution >= 4 is 15.9 Å². The number of benzene rings is 2. The first-order chi connectivity index (χ1) is 12.1. The van der Waals surface area contributed by atoms with Crippen LogP contribution in [0.2, 0.25) is 0 Å². The largest absolute Gasteiger partial charge is 0.490 e. The van der Waals surface area contributed by atoms with E-state index in [-0.39, 0.29) is 0 Å². The maximum absolute atomic E-state index is 5.66. The van der Waals surface area contributed by atoms with Crippen molar-refractivity contribution in [3.05, 3.63) is 46.4 Å². The molecule has 0 aliphatic carbocycles. The van der Waals surface area contributed by atoms with Gasteiger partial charge in [0.05, 0.1) is 13.2 Å². The molecule has 3 aromatic rings. The van der Waals surface area contributed by atoms with Gasteiger partial charge in [0, 0.05) is 15.6 Å². The fourth-order valence-electron chi connectivity index (χ4n) is 2.48. The van der Waals surface area contributed by atoms with Crippen LogP contribution in [0.3, 0.4) is 0 Å². The Kier molecular flexibility index (Phi) is 5.38. The maximum Gasteiger partial charge on any atom is 0.258 e. The maximum atomic E-state index is 5.66. The van der Waals surface area contributed by atoms with Gasteiger partial charge in [-0.25, -0.2) is 0 Å². The predicted octanol–water partition coefficient (Wildman–Crippen LogP) is 5.27. The summed E-state index contributed by atoms with van der Waals surface area (Å²) in [6.45, 7) is 7.01. The second kappa shape index (κ2) is 7.70. The summed E-state index contributed by atoms with van der Waals surface area (Å²) in [4.78, 5) is 4.53. The molecular weight excluding hydrogens is 384 g/mol. The Balaban J connectivity index is 1.97. The summed E-state index contributed by atoms with van der Waals surface area (Å²) in [5, 5.41) is 4.12. The molecule has 0 saturated heterocycles. The zero-order valence-corrected chi connectivity index (χ0v) is 16.0. The molecule has 130 valence electrons. The molecule has 0 unspecified atom stereocenters. The zero-order chi connectivity index (χ0) is 17.8. The van der Waals surface area contributed by atoms with E-state index in [1.54, 1.807) is 0 Å². The van der Waals surface area contributed by atoms with Crippen LogP contribution in [0, 0.1) is 6.92 Å². The Bertz CT molecular complexity index is 877. The summed E-state index contributed by atoms with van der Waals surface area (Å²) in [6.07, 6.45) is 0. The summed E-state index contributed by atoms with van der Waals surface area (Å²) in [6, 6.07) is 11.5. The highest BCUT2D eigenvalue weighted by Gasteiger charge is 2.15. The highest BCUT2D eigenvalue weighted by molar-refractivity contribution is 9.10. The minimum absolute atomic E-state index is 0.443. The van der Waals surface area contributed by atoms with Crippen LogP contribution in [0.1, 0.15) is 19.4 Å². The van der Waals surface area contributed by atoms with Gasteiger partial charge in [0.1, 0.15) is 0 Å². The second-order valence-electron chi connectivity index (χ2n) is 5.36. The third-order valence-corrected chi connectivity index (χ3v) is 4.58. The van der Waals surface area contributed by atoms with Crippen molar-refractivity contribution in [1.29, 1.82) is 0 Å². The molecule has 0 fully saturated rings. The molecule has 1 aromatic heterocycles. The lowest BCUT2D eigenvalue weighted by Gasteiger charge is -2.11. The van der Waals surface area contributed by atoms with Crippen LogP contribution in [-0.4, -0.2) is 23.4 Å². The van der Waals surface area contributed by atoms with Gasteiger partial charge in [0.2, 0.25) is 5.82 Å². The third-order valence-electron chi connectivity index (χ3n) is 3.72. The molecule has 2 aromatic carbocycles. The minimum Gasteiger partial charge on any atom is -0.490 e. The van der Waals surface area contributed by atoms with Crippen LogP contribution in [0.15, 0.2) is 45.4 Å². The van der Waals surface area contributed by atoms with Crippen molar-refractivity contribution in [3.63, 3.8) is 0 Å². The molecule has 0 saturated carbocycles. The van der Waals surface area contributed by atoms with E-state index in [1.165, 1.54) is 0 Å². The molecule has 0 aliphatic heterocycles. The molecule has 0 N–H and O–H groups in total. The molecule has 0 aliphatic rings. The molecule has 3 rings (SSSR count). The van der Waals surface area contributed by atoms with E-state index in [9.17, 15) is 0 Å². The number of rotatable bonds is 6. The number of hydrogen-bond donors (Lipinski definition) is 0. The molecule has 0 radical (unpaired) electrons.